The van der Waals surface area contributed by atoms with Crippen molar-refractivity contribution >= 4 is 0 Å². The third kappa shape index (κ3) is 2.56. The summed E-state index contributed by atoms with van der Waals surface area (Å²) in [6, 6.07) is 15.0. The molecule has 0 heterocycles. The van der Waals surface area contributed by atoms with Crippen molar-refractivity contribution in [3.05, 3.63) is 70.5 Å². The van der Waals surface area contributed by atoms with Crippen molar-refractivity contribution in [2.45, 2.75) is 25.4 Å². The van der Waals surface area contributed by atoms with Gasteiger partial charge in [0.15, 0.2) is 0 Å². The second-order valence-corrected chi connectivity index (χ2v) is 5.12. The van der Waals surface area contributed by atoms with Gasteiger partial charge in [0.2, 0.25) is 0 Å². The predicted octanol–water partition coefficient (Wildman–Crippen LogP) is 3.47. The molecule has 2 nitrogen and oxygen atoms in total. The van der Waals surface area contributed by atoms with Gasteiger partial charge in [-0.3, -0.25) is 0 Å². The van der Waals surface area contributed by atoms with E-state index in [2.05, 4.69) is 11.4 Å². The van der Waals surface area contributed by atoms with Crippen LogP contribution in [0.25, 0.3) is 0 Å². The fraction of sp³-hybridized carbons (Fsp3) is 0.235. The summed E-state index contributed by atoms with van der Waals surface area (Å²) < 4.78 is 13.2. The van der Waals surface area contributed by atoms with Crippen molar-refractivity contribution in [1.29, 1.82) is 5.26 Å². The topological polar surface area (TPSA) is 35.8 Å². The van der Waals surface area contributed by atoms with Crippen molar-refractivity contribution in [3.63, 3.8) is 0 Å². The van der Waals surface area contributed by atoms with Gasteiger partial charge in [0, 0.05) is 12.6 Å². The van der Waals surface area contributed by atoms with Gasteiger partial charge in [-0.05, 0) is 53.8 Å². The highest BCUT2D eigenvalue weighted by Crippen LogP contribution is 2.31. The molecule has 100 valence electrons. The summed E-state index contributed by atoms with van der Waals surface area (Å²) in [4.78, 5) is 0. The Kier molecular flexibility index (Phi) is 3.49. The Bertz CT molecular complexity index is 656. The fourth-order valence-corrected chi connectivity index (χ4v) is 2.74. The molecule has 0 saturated carbocycles. The summed E-state index contributed by atoms with van der Waals surface area (Å²) in [5.41, 5.74) is 4.15. The van der Waals surface area contributed by atoms with E-state index >= 15 is 0 Å². The Morgan fingerprint density at radius 3 is 2.75 bits per heavy atom. The molecule has 20 heavy (non-hydrogen) atoms. The molecule has 1 aliphatic carbocycles. The molecule has 0 saturated heterocycles. The Balaban J connectivity index is 1.67. The largest absolute Gasteiger partial charge is 0.306 e. The highest BCUT2D eigenvalue weighted by Gasteiger charge is 2.22. The summed E-state index contributed by atoms with van der Waals surface area (Å²) >= 11 is 0. The van der Waals surface area contributed by atoms with Crippen molar-refractivity contribution in [3.8, 4) is 6.07 Å². The number of nitrogens with one attached hydrogen (secondary N) is 1. The molecule has 1 unspecified atom stereocenters. The predicted molar refractivity (Wildman–Crippen MR) is 75.5 cm³/mol. The zero-order valence-corrected chi connectivity index (χ0v) is 11.1. The third-order valence-corrected chi connectivity index (χ3v) is 3.82. The van der Waals surface area contributed by atoms with Crippen LogP contribution in [-0.4, -0.2) is 0 Å². The lowest BCUT2D eigenvalue weighted by molar-refractivity contribution is 0.530. The van der Waals surface area contributed by atoms with Crippen LogP contribution in [0.2, 0.25) is 0 Å². The van der Waals surface area contributed by atoms with Gasteiger partial charge in [-0.15, -0.1) is 0 Å². The maximum Gasteiger partial charge on any atom is 0.123 e. The molecule has 0 spiro atoms. The number of halogens is 1. The molecular formula is C17H15FN2. The molecule has 0 aliphatic heterocycles. The van der Waals surface area contributed by atoms with Gasteiger partial charge >= 0.3 is 0 Å². The molecule has 0 bridgehead atoms. The van der Waals surface area contributed by atoms with Gasteiger partial charge in [0.25, 0.3) is 0 Å². The summed E-state index contributed by atoms with van der Waals surface area (Å²) in [7, 11) is 0. The summed E-state index contributed by atoms with van der Waals surface area (Å²) in [5, 5.41) is 12.3. The standard InChI is InChI=1S/C17H15FN2/c18-15-6-7-16-14(9-15)5-8-17(16)20-11-13-3-1-12(10-19)2-4-13/h1-4,6-7,9,17,20H,5,8,11H2. The summed E-state index contributed by atoms with van der Waals surface area (Å²) in [5.74, 6) is -0.156. The van der Waals surface area contributed by atoms with Crippen LogP contribution >= 0.6 is 0 Å². The Hall–Kier alpha value is -2.18. The Labute approximate surface area is 117 Å². The van der Waals surface area contributed by atoms with Crippen molar-refractivity contribution in [2.75, 3.05) is 0 Å². The molecule has 3 heteroatoms. The number of hydrogen-bond acceptors (Lipinski definition) is 2. The van der Waals surface area contributed by atoms with Gasteiger partial charge in [-0.25, -0.2) is 4.39 Å². The first-order valence-corrected chi connectivity index (χ1v) is 6.77. The second-order valence-electron chi connectivity index (χ2n) is 5.12. The summed E-state index contributed by atoms with van der Waals surface area (Å²) in [6.45, 7) is 0.757. The van der Waals surface area contributed by atoms with Crippen molar-refractivity contribution in [1.82, 2.24) is 5.32 Å². The van der Waals surface area contributed by atoms with Crippen molar-refractivity contribution < 1.29 is 4.39 Å². The van der Waals surface area contributed by atoms with Crippen molar-refractivity contribution in [2.24, 2.45) is 0 Å². The smallest absolute Gasteiger partial charge is 0.123 e. The maximum atomic E-state index is 13.2. The number of benzene rings is 2. The SMILES string of the molecule is N#Cc1ccc(CNC2CCc3cc(F)ccc32)cc1. The molecule has 2 aromatic rings. The maximum absolute atomic E-state index is 13.2. The van der Waals surface area contributed by atoms with Crippen LogP contribution in [0.1, 0.15) is 34.7 Å². The van der Waals surface area contributed by atoms with E-state index in [0.29, 0.717) is 11.6 Å². The first-order chi connectivity index (χ1) is 9.76. The molecular weight excluding hydrogens is 251 g/mol. The number of nitrogens with zero attached hydrogens (tertiary/aromatic N) is 1. The first-order valence-electron chi connectivity index (χ1n) is 6.77. The van der Waals surface area contributed by atoms with Crippen LogP contribution in [0.4, 0.5) is 4.39 Å². The molecule has 3 rings (SSSR count). The fourth-order valence-electron chi connectivity index (χ4n) is 2.74. The van der Waals surface area contributed by atoms with Gasteiger partial charge in [-0.2, -0.15) is 5.26 Å². The lowest BCUT2D eigenvalue weighted by Crippen LogP contribution is -2.18. The molecule has 1 aliphatic rings. The molecule has 0 aromatic heterocycles. The number of hydrogen-bond donors (Lipinski definition) is 1. The highest BCUT2D eigenvalue weighted by atomic mass is 19.1. The van der Waals surface area contributed by atoms with Gasteiger partial charge in [0.1, 0.15) is 5.82 Å². The van der Waals surface area contributed by atoms with E-state index in [9.17, 15) is 4.39 Å². The molecule has 0 amide bonds. The van der Waals surface area contributed by atoms with Crippen LogP contribution in [0.5, 0.6) is 0 Å². The van der Waals surface area contributed by atoms with Gasteiger partial charge in [-0.1, -0.05) is 18.2 Å². The molecule has 0 fully saturated rings. The third-order valence-electron chi connectivity index (χ3n) is 3.82. The lowest BCUT2D eigenvalue weighted by atomic mass is 10.1. The van der Waals surface area contributed by atoms with Gasteiger partial charge < -0.3 is 5.32 Å². The van der Waals surface area contributed by atoms with E-state index in [4.69, 9.17) is 5.26 Å². The molecule has 1 atom stereocenters. The first kappa shape index (κ1) is 12.8. The molecule has 1 N–H and O–H groups in total. The number of nitriles is 1. The Morgan fingerprint density at radius 1 is 1.20 bits per heavy atom. The number of aryl methyl sites for hydroxylation is 1. The van der Waals surface area contributed by atoms with Crippen LogP contribution in [0.3, 0.4) is 0 Å². The molecule has 0 radical (unpaired) electrons. The minimum Gasteiger partial charge on any atom is -0.306 e. The van der Waals surface area contributed by atoms with E-state index in [1.54, 1.807) is 6.07 Å². The lowest BCUT2D eigenvalue weighted by Gasteiger charge is -2.14. The number of rotatable bonds is 3. The minimum atomic E-state index is -0.156. The monoisotopic (exact) mass is 266 g/mol. The summed E-state index contributed by atoms with van der Waals surface area (Å²) in [6.07, 6.45) is 1.94. The highest BCUT2D eigenvalue weighted by molar-refractivity contribution is 5.35. The van der Waals surface area contributed by atoms with E-state index < -0.39 is 0 Å². The molecule has 2 aromatic carbocycles. The van der Waals surface area contributed by atoms with E-state index in [1.165, 1.54) is 11.6 Å². The van der Waals surface area contributed by atoms with E-state index in [1.807, 2.05) is 30.3 Å². The zero-order chi connectivity index (χ0) is 13.9. The second kappa shape index (κ2) is 5.44. The van der Waals surface area contributed by atoms with E-state index in [0.717, 1.165) is 30.5 Å². The number of fused-ring (bicyclic) bond motifs is 1. The average molecular weight is 266 g/mol. The Morgan fingerprint density at radius 2 is 2.00 bits per heavy atom. The van der Waals surface area contributed by atoms with E-state index in [-0.39, 0.29) is 5.82 Å². The minimum absolute atomic E-state index is 0.156. The zero-order valence-electron chi connectivity index (χ0n) is 11.1. The normalized spacial score (nSPS) is 16.7. The quantitative estimate of drug-likeness (QED) is 0.923. The van der Waals surface area contributed by atoms with Crippen LogP contribution in [0.15, 0.2) is 42.5 Å². The van der Waals surface area contributed by atoms with Crippen LogP contribution in [0, 0.1) is 17.1 Å². The van der Waals surface area contributed by atoms with Gasteiger partial charge in [0.05, 0.1) is 11.6 Å². The average Bonchev–Trinajstić information content (AvgIpc) is 2.88. The van der Waals surface area contributed by atoms with Crippen LogP contribution < -0.4 is 5.32 Å². The van der Waals surface area contributed by atoms with Crippen LogP contribution in [-0.2, 0) is 13.0 Å².